The second kappa shape index (κ2) is 5.48. The van der Waals surface area contributed by atoms with Crippen molar-refractivity contribution in [2.75, 3.05) is 6.61 Å². The molecule has 0 unspecified atom stereocenters. The fraction of sp³-hybridized carbons (Fsp3) is 0.500. The molecule has 0 aromatic rings. The van der Waals surface area contributed by atoms with Crippen LogP contribution in [0.3, 0.4) is 0 Å². The summed E-state index contributed by atoms with van der Waals surface area (Å²) in [7, 11) is 0. The van der Waals surface area contributed by atoms with Crippen molar-refractivity contribution in [3.63, 3.8) is 0 Å². The van der Waals surface area contributed by atoms with Crippen molar-refractivity contribution in [2.24, 2.45) is 0 Å². The number of carbonyl (C=O) groups excluding carboxylic acids is 1. The normalized spacial score (nSPS) is 11.4. The molecule has 0 saturated carbocycles. The second-order valence-corrected chi connectivity index (χ2v) is 1.80. The van der Waals surface area contributed by atoms with Gasteiger partial charge in [-0.1, -0.05) is 6.92 Å². The maximum Gasteiger partial charge on any atom is 0.248 e. The van der Waals surface area contributed by atoms with Crippen LogP contribution in [0.1, 0.15) is 20.3 Å². The Balaban J connectivity index is 4.51. The van der Waals surface area contributed by atoms with E-state index in [9.17, 15) is 4.79 Å². The molecule has 0 amide bonds. The molecule has 0 bridgehead atoms. The third kappa shape index (κ3) is 2.85. The number of allylic oxidation sites excluding steroid dienone is 2. The summed E-state index contributed by atoms with van der Waals surface area (Å²) >= 11 is 0. The largest absolute Gasteiger partial charge is 0.497 e. The minimum absolute atomic E-state index is 0.0330. The van der Waals surface area contributed by atoms with Gasteiger partial charge < -0.3 is 4.74 Å². The lowest BCUT2D eigenvalue weighted by Gasteiger charge is -2.04. The molecule has 3 heteroatoms. The van der Waals surface area contributed by atoms with Crippen LogP contribution in [0.5, 0.6) is 0 Å². The minimum Gasteiger partial charge on any atom is -0.497 e. The SMILES string of the molecule is CCOC(CC)=C([C]=O)C#N. The first-order chi connectivity index (χ1) is 5.29. The zero-order chi connectivity index (χ0) is 8.69. The van der Waals surface area contributed by atoms with Gasteiger partial charge in [0.2, 0.25) is 6.29 Å². The van der Waals surface area contributed by atoms with Crippen molar-refractivity contribution in [2.45, 2.75) is 20.3 Å². The summed E-state index contributed by atoms with van der Waals surface area (Å²) in [4.78, 5) is 10.1. The van der Waals surface area contributed by atoms with E-state index >= 15 is 0 Å². The summed E-state index contributed by atoms with van der Waals surface area (Å²) in [5, 5.41) is 8.40. The first-order valence-corrected chi connectivity index (χ1v) is 3.44. The molecular weight excluding hydrogens is 142 g/mol. The topological polar surface area (TPSA) is 50.1 Å². The quantitative estimate of drug-likeness (QED) is 0.347. The van der Waals surface area contributed by atoms with E-state index in [1.165, 1.54) is 6.29 Å². The molecule has 11 heavy (non-hydrogen) atoms. The van der Waals surface area contributed by atoms with Crippen LogP contribution in [-0.4, -0.2) is 12.9 Å². The van der Waals surface area contributed by atoms with E-state index in [2.05, 4.69) is 0 Å². The van der Waals surface area contributed by atoms with Crippen LogP contribution in [-0.2, 0) is 9.53 Å². The summed E-state index contributed by atoms with van der Waals surface area (Å²) in [6.45, 7) is 4.09. The molecule has 0 saturated heterocycles. The molecule has 0 aliphatic carbocycles. The number of hydrogen-bond acceptors (Lipinski definition) is 3. The van der Waals surface area contributed by atoms with Crippen LogP contribution in [0, 0.1) is 11.3 Å². The van der Waals surface area contributed by atoms with E-state index in [0.717, 1.165) is 0 Å². The molecule has 3 nitrogen and oxygen atoms in total. The highest BCUT2D eigenvalue weighted by atomic mass is 16.5. The summed E-state index contributed by atoms with van der Waals surface area (Å²) < 4.78 is 5.03. The predicted molar refractivity (Wildman–Crippen MR) is 40.2 cm³/mol. The summed E-state index contributed by atoms with van der Waals surface area (Å²) in [5.74, 6) is 0.421. The Labute approximate surface area is 66.3 Å². The van der Waals surface area contributed by atoms with Gasteiger partial charge in [0, 0.05) is 6.42 Å². The fourth-order valence-corrected chi connectivity index (χ4v) is 0.667. The number of rotatable bonds is 4. The van der Waals surface area contributed by atoms with Crippen LogP contribution >= 0.6 is 0 Å². The van der Waals surface area contributed by atoms with Crippen LogP contribution < -0.4 is 0 Å². The van der Waals surface area contributed by atoms with E-state index in [1.807, 2.05) is 6.92 Å². The van der Waals surface area contributed by atoms with E-state index in [4.69, 9.17) is 10.00 Å². The Kier molecular flexibility index (Phi) is 4.83. The Bertz CT molecular complexity index is 201. The maximum absolute atomic E-state index is 10.1. The summed E-state index contributed by atoms with van der Waals surface area (Å²) in [5.41, 5.74) is -0.0330. The van der Waals surface area contributed by atoms with Gasteiger partial charge in [-0.05, 0) is 6.92 Å². The number of nitrogens with zero attached hydrogens (tertiary/aromatic N) is 1. The minimum atomic E-state index is -0.0330. The molecule has 0 aromatic heterocycles. The van der Waals surface area contributed by atoms with Crippen LogP contribution in [0.25, 0.3) is 0 Å². The highest BCUT2D eigenvalue weighted by Gasteiger charge is 2.04. The Morgan fingerprint density at radius 3 is 2.45 bits per heavy atom. The lowest BCUT2D eigenvalue weighted by atomic mass is 10.2. The molecular formula is C8H10NO2. The third-order valence-corrected chi connectivity index (χ3v) is 1.13. The monoisotopic (exact) mass is 152 g/mol. The smallest absolute Gasteiger partial charge is 0.248 e. The molecule has 0 heterocycles. The van der Waals surface area contributed by atoms with Gasteiger partial charge in [0.15, 0.2) is 0 Å². The lowest BCUT2D eigenvalue weighted by Crippen LogP contribution is -1.96. The van der Waals surface area contributed by atoms with E-state index in [-0.39, 0.29) is 5.57 Å². The molecule has 1 radical (unpaired) electrons. The molecule has 0 aromatic carbocycles. The van der Waals surface area contributed by atoms with Crippen LogP contribution in [0.2, 0.25) is 0 Å². The molecule has 0 aliphatic rings. The van der Waals surface area contributed by atoms with Gasteiger partial charge in [-0.15, -0.1) is 0 Å². The maximum atomic E-state index is 10.1. The second-order valence-electron chi connectivity index (χ2n) is 1.80. The molecule has 0 N–H and O–H groups in total. The fourth-order valence-electron chi connectivity index (χ4n) is 0.667. The van der Waals surface area contributed by atoms with Gasteiger partial charge in [-0.2, -0.15) is 5.26 Å². The van der Waals surface area contributed by atoms with Crippen molar-refractivity contribution >= 4 is 6.29 Å². The molecule has 0 fully saturated rings. The number of ether oxygens (including phenoxy) is 1. The Morgan fingerprint density at radius 1 is 1.55 bits per heavy atom. The van der Waals surface area contributed by atoms with E-state index in [0.29, 0.717) is 18.8 Å². The van der Waals surface area contributed by atoms with Gasteiger partial charge in [0.05, 0.1) is 6.61 Å². The van der Waals surface area contributed by atoms with Crippen molar-refractivity contribution < 1.29 is 9.53 Å². The number of nitriles is 1. The average Bonchev–Trinajstić information content (AvgIpc) is 2.05. The zero-order valence-electron chi connectivity index (χ0n) is 6.68. The molecule has 59 valence electrons. The Morgan fingerprint density at radius 2 is 2.18 bits per heavy atom. The first kappa shape index (κ1) is 9.70. The van der Waals surface area contributed by atoms with E-state index in [1.54, 1.807) is 13.0 Å². The van der Waals surface area contributed by atoms with Gasteiger partial charge in [-0.25, -0.2) is 0 Å². The van der Waals surface area contributed by atoms with Gasteiger partial charge in [-0.3, -0.25) is 4.79 Å². The Hall–Kier alpha value is -1.30. The highest BCUT2D eigenvalue weighted by Crippen LogP contribution is 2.07. The highest BCUT2D eigenvalue weighted by molar-refractivity contribution is 5.80. The van der Waals surface area contributed by atoms with Crippen molar-refractivity contribution in [3.8, 4) is 6.07 Å². The van der Waals surface area contributed by atoms with E-state index < -0.39 is 0 Å². The van der Waals surface area contributed by atoms with Gasteiger partial charge in [0.25, 0.3) is 0 Å². The summed E-state index contributed by atoms with van der Waals surface area (Å²) in [6.07, 6.45) is 2.08. The molecule has 0 rings (SSSR count). The van der Waals surface area contributed by atoms with Crippen molar-refractivity contribution in [1.82, 2.24) is 0 Å². The number of hydrogen-bond donors (Lipinski definition) is 0. The van der Waals surface area contributed by atoms with Crippen molar-refractivity contribution in [1.29, 1.82) is 5.26 Å². The van der Waals surface area contributed by atoms with Gasteiger partial charge in [0.1, 0.15) is 17.4 Å². The predicted octanol–water partition coefficient (Wildman–Crippen LogP) is 1.32. The average molecular weight is 152 g/mol. The standard InChI is InChI=1S/C8H10NO2/c1-3-8(11-4-2)7(5-9)6-10/h3-4H2,1-2H3. The van der Waals surface area contributed by atoms with Gasteiger partial charge >= 0.3 is 0 Å². The third-order valence-electron chi connectivity index (χ3n) is 1.13. The van der Waals surface area contributed by atoms with Crippen LogP contribution in [0.15, 0.2) is 11.3 Å². The molecule has 0 spiro atoms. The zero-order valence-corrected chi connectivity index (χ0v) is 6.68. The van der Waals surface area contributed by atoms with Crippen LogP contribution in [0.4, 0.5) is 0 Å². The summed E-state index contributed by atoms with van der Waals surface area (Å²) in [6, 6.07) is 1.72. The molecule has 0 atom stereocenters. The lowest BCUT2D eigenvalue weighted by molar-refractivity contribution is 0.220. The van der Waals surface area contributed by atoms with Crippen molar-refractivity contribution in [3.05, 3.63) is 11.3 Å². The first-order valence-electron chi connectivity index (χ1n) is 3.44. The molecule has 0 aliphatic heterocycles.